The van der Waals surface area contributed by atoms with Crippen LogP contribution in [0.1, 0.15) is 33.6 Å². The van der Waals surface area contributed by atoms with E-state index in [4.69, 9.17) is 9.84 Å². The number of fused-ring (bicyclic) bond motifs is 1. The van der Waals surface area contributed by atoms with Crippen molar-refractivity contribution in [1.29, 1.82) is 0 Å². The van der Waals surface area contributed by atoms with E-state index >= 15 is 0 Å². The molecule has 3 aliphatic rings. The van der Waals surface area contributed by atoms with Crippen molar-refractivity contribution in [3.63, 3.8) is 0 Å². The Morgan fingerprint density at radius 3 is 2.29 bits per heavy atom. The zero-order valence-corrected chi connectivity index (χ0v) is 10.0. The number of ether oxygens (including phenoxy) is 1. The summed E-state index contributed by atoms with van der Waals surface area (Å²) >= 11 is 0. The molecule has 2 amide bonds. The highest BCUT2D eigenvalue weighted by Gasteiger charge is 2.69. The van der Waals surface area contributed by atoms with Crippen LogP contribution in [0.5, 0.6) is 0 Å². The first-order chi connectivity index (χ1) is 7.67. The molecule has 94 valence electrons. The van der Waals surface area contributed by atoms with Crippen LogP contribution in [0.4, 0.5) is 4.79 Å². The van der Waals surface area contributed by atoms with Crippen molar-refractivity contribution in [3.05, 3.63) is 0 Å². The highest BCUT2D eigenvalue weighted by atomic mass is 16.6. The van der Waals surface area contributed by atoms with Crippen LogP contribution in [-0.4, -0.2) is 39.6 Å². The molecule has 2 bridgehead atoms. The highest BCUT2D eigenvalue weighted by Crippen LogP contribution is 2.53. The van der Waals surface area contributed by atoms with Crippen molar-refractivity contribution in [2.75, 3.05) is 0 Å². The summed E-state index contributed by atoms with van der Waals surface area (Å²) in [5.41, 5.74) is -2.07. The minimum Gasteiger partial charge on any atom is -0.480 e. The summed E-state index contributed by atoms with van der Waals surface area (Å²) in [6, 6.07) is -0.312. The smallest absolute Gasteiger partial charge is 0.417 e. The van der Waals surface area contributed by atoms with Crippen LogP contribution in [-0.2, 0) is 14.3 Å². The Balaban J connectivity index is 2.14. The van der Waals surface area contributed by atoms with Crippen molar-refractivity contribution in [2.45, 2.75) is 45.3 Å². The number of hydrogen-bond acceptors (Lipinski definition) is 4. The van der Waals surface area contributed by atoms with Crippen molar-refractivity contribution in [2.24, 2.45) is 5.41 Å². The van der Waals surface area contributed by atoms with Crippen LogP contribution in [0.2, 0.25) is 0 Å². The van der Waals surface area contributed by atoms with E-state index in [-0.39, 0.29) is 18.9 Å². The maximum absolute atomic E-state index is 11.9. The van der Waals surface area contributed by atoms with E-state index in [0.717, 1.165) is 4.90 Å². The Hall–Kier alpha value is -1.59. The predicted octanol–water partition coefficient (Wildman–Crippen LogP) is 0.997. The van der Waals surface area contributed by atoms with Crippen molar-refractivity contribution >= 4 is 18.0 Å². The SMILES string of the molecule is CC(C)(C)OC(=O)N1C(=O)C2(C(=O)O)CC1C2. The molecule has 0 unspecified atom stereocenters. The van der Waals surface area contributed by atoms with Crippen LogP contribution in [0.15, 0.2) is 0 Å². The summed E-state index contributed by atoms with van der Waals surface area (Å²) in [4.78, 5) is 35.6. The Labute approximate surface area is 98.5 Å². The average Bonchev–Trinajstić information content (AvgIpc) is 2.47. The lowest BCUT2D eigenvalue weighted by molar-refractivity contribution is -0.156. The molecule has 1 saturated carbocycles. The van der Waals surface area contributed by atoms with Crippen LogP contribution in [0, 0.1) is 5.41 Å². The normalized spacial score (nSPS) is 31.1. The molecule has 17 heavy (non-hydrogen) atoms. The van der Waals surface area contributed by atoms with Gasteiger partial charge < -0.3 is 9.84 Å². The summed E-state index contributed by atoms with van der Waals surface area (Å²) in [6.07, 6.45) is -0.325. The minimum absolute atomic E-state index is 0.209. The number of nitrogens with zero attached hydrogens (tertiary/aromatic N) is 1. The molecule has 2 heterocycles. The quantitative estimate of drug-likeness (QED) is 0.692. The molecule has 0 aromatic heterocycles. The van der Waals surface area contributed by atoms with Gasteiger partial charge in [-0.3, -0.25) is 9.59 Å². The van der Waals surface area contributed by atoms with E-state index in [2.05, 4.69) is 0 Å². The van der Waals surface area contributed by atoms with E-state index < -0.39 is 29.0 Å². The van der Waals surface area contributed by atoms with Gasteiger partial charge in [0.1, 0.15) is 5.60 Å². The number of carbonyl (C=O) groups excluding carboxylic acids is 2. The number of hydrogen-bond donors (Lipinski definition) is 1. The van der Waals surface area contributed by atoms with Gasteiger partial charge in [0.2, 0.25) is 5.91 Å². The van der Waals surface area contributed by atoms with E-state index in [9.17, 15) is 14.4 Å². The lowest BCUT2D eigenvalue weighted by Gasteiger charge is -2.30. The van der Waals surface area contributed by atoms with Gasteiger partial charge in [-0.05, 0) is 33.6 Å². The molecule has 2 aliphatic heterocycles. The largest absolute Gasteiger partial charge is 0.480 e. The summed E-state index contributed by atoms with van der Waals surface area (Å²) in [6.45, 7) is 5.09. The minimum atomic E-state index is -1.37. The molecule has 0 atom stereocenters. The number of amides is 2. The molecule has 1 N–H and O–H groups in total. The lowest BCUT2D eigenvalue weighted by atomic mass is 9.70. The Morgan fingerprint density at radius 2 is 1.94 bits per heavy atom. The van der Waals surface area contributed by atoms with Crippen LogP contribution in [0.3, 0.4) is 0 Å². The molecule has 6 heteroatoms. The van der Waals surface area contributed by atoms with Gasteiger partial charge in [0.15, 0.2) is 5.41 Å². The third kappa shape index (κ3) is 1.59. The first kappa shape index (κ1) is 11.9. The van der Waals surface area contributed by atoms with Gasteiger partial charge in [0, 0.05) is 6.04 Å². The molecule has 6 nitrogen and oxygen atoms in total. The maximum atomic E-state index is 11.9. The fourth-order valence-electron chi connectivity index (χ4n) is 2.31. The predicted molar refractivity (Wildman–Crippen MR) is 56.2 cm³/mol. The summed E-state index contributed by atoms with van der Waals surface area (Å²) < 4.78 is 5.09. The van der Waals surface area contributed by atoms with Gasteiger partial charge in [-0.25, -0.2) is 9.69 Å². The second kappa shape index (κ2) is 3.21. The van der Waals surface area contributed by atoms with Gasteiger partial charge >= 0.3 is 12.1 Å². The third-order valence-electron chi connectivity index (χ3n) is 3.16. The zero-order valence-electron chi connectivity index (χ0n) is 10.0. The van der Waals surface area contributed by atoms with Crippen molar-refractivity contribution in [3.8, 4) is 0 Å². The third-order valence-corrected chi connectivity index (χ3v) is 3.16. The maximum Gasteiger partial charge on any atom is 0.417 e. The molecule has 2 saturated heterocycles. The molecule has 3 fully saturated rings. The number of imide groups is 1. The van der Waals surface area contributed by atoms with E-state index in [1.54, 1.807) is 20.8 Å². The van der Waals surface area contributed by atoms with Crippen LogP contribution < -0.4 is 0 Å². The second-order valence-corrected chi connectivity index (χ2v) is 5.60. The fraction of sp³-hybridized carbons (Fsp3) is 0.727. The molecule has 0 radical (unpaired) electrons. The number of carbonyl (C=O) groups is 3. The zero-order chi connectivity index (χ0) is 13.0. The standard InChI is InChI=1S/C11H15NO5/c1-10(2,3)17-9(16)12-6-4-11(5-6,7(12)13)8(14)15/h6H,4-5H2,1-3H3,(H,14,15). The Kier molecular flexibility index (Phi) is 2.24. The number of aliphatic carboxylic acids is 1. The Bertz CT molecular complexity index is 403. The summed E-state index contributed by atoms with van der Waals surface area (Å²) in [7, 11) is 0. The number of carboxylic acid groups (broad SMARTS) is 1. The monoisotopic (exact) mass is 241 g/mol. The molecule has 1 aliphatic carbocycles. The highest BCUT2D eigenvalue weighted by molar-refractivity contribution is 6.11. The van der Waals surface area contributed by atoms with Gasteiger partial charge in [0.05, 0.1) is 0 Å². The first-order valence-electron chi connectivity index (χ1n) is 5.47. The van der Waals surface area contributed by atoms with E-state index in [0.29, 0.717) is 0 Å². The van der Waals surface area contributed by atoms with Gasteiger partial charge in [-0.15, -0.1) is 0 Å². The second-order valence-electron chi connectivity index (χ2n) is 5.60. The topological polar surface area (TPSA) is 83.9 Å². The van der Waals surface area contributed by atoms with Gasteiger partial charge in [0.25, 0.3) is 0 Å². The van der Waals surface area contributed by atoms with Crippen molar-refractivity contribution in [1.82, 2.24) is 4.90 Å². The average molecular weight is 241 g/mol. The summed E-state index contributed by atoms with van der Waals surface area (Å²) in [5.74, 6) is -1.78. The van der Waals surface area contributed by atoms with Crippen LogP contribution in [0.25, 0.3) is 0 Å². The molecular weight excluding hydrogens is 226 g/mol. The van der Waals surface area contributed by atoms with Crippen molar-refractivity contribution < 1.29 is 24.2 Å². The fourth-order valence-corrected chi connectivity index (χ4v) is 2.31. The molecule has 0 spiro atoms. The lowest BCUT2D eigenvalue weighted by Crippen LogP contribution is -2.42. The summed E-state index contributed by atoms with van der Waals surface area (Å²) in [5, 5.41) is 9.01. The number of rotatable bonds is 1. The number of carboxylic acids is 1. The molecule has 0 aromatic rings. The van der Waals surface area contributed by atoms with E-state index in [1.807, 2.05) is 0 Å². The van der Waals surface area contributed by atoms with Gasteiger partial charge in [-0.1, -0.05) is 0 Å². The van der Waals surface area contributed by atoms with E-state index in [1.165, 1.54) is 0 Å². The molecular formula is C11H15NO5. The Morgan fingerprint density at radius 1 is 1.41 bits per heavy atom. The molecule has 3 rings (SSSR count). The van der Waals surface area contributed by atoms with Crippen LogP contribution >= 0.6 is 0 Å². The van der Waals surface area contributed by atoms with Gasteiger partial charge in [-0.2, -0.15) is 0 Å². The first-order valence-corrected chi connectivity index (χ1v) is 5.47. The molecule has 0 aromatic carbocycles.